The highest BCUT2D eigenvalue weighted by molar-refractivity contribution is 5.98. The number of halogens is 3. The molecule has 2 aromatic rings. The molecule has 1 aromatic heterocycles. The Morgan fingerprint density at radius 1 is 1.33 bits per heavy atom. The van der Waals surface area contributed by atoms with Gasteiger partial charge in [0.25, 0.3) is 5.91 Å². The number of hydrogen-bond acceptors (Lipinski definition) is 2. The van der Waals surface area contributed by atoms with Gasteiger partial charge in [-0.1, -0.05) is 0 Å². The van der Waals surface area contributed by atoms with Crippen molar-refractivity contribution in [3.8, 4) is 0 Å². The van der Waals surface area contributed by atoms with Gasteiger partial charge in [0.05, 0.1) is 0 Å². The van der Waals surface area contributed by atoms with Crippen LogP contribution in [0.1, 0.15) is 23.3 Å². The van der Waals surface area contributed by atoms with Crippen molar-refractivity contribution < 1.29 is 18.0 Å². The first-order valence-corrected chi connectivity index (χ1v) is 6.59. The summed E-state index contributed by atoms with van der Waals surface area (Å²) in [6.45, 7) is -1.21. The average Bonchev–Trinajstić information content (AvgIpc) is 3.13. The Morgan fingerprint density at radius 3 is 2.67 bits per heavy atom. The van der Waals surface area contributed by atoms with Gasteiger partial charge < -0.3 is 15.6 Å². The minimum absolute atomic E-state index is 0.159. The predicted octanol–water partition coefficient (Wildman–Crippen LogP) is 2.92. The molecule has 0 radical (unpaired) electrons. The molecule has 0 atom stereocenters. The minimum atomic E-state index is -4.39. The molecule has 112 valence electrons. The molecule has 1 aliphatic rings. The number of aromatic amines is 1. The SMILES string of the molecule is Nc1ccc2[nH]c(C(=O)N(CC(F)(F)F)C3CC3)cc2c1. The van der Waals surface area contributed by atoms with Gasteiger partial charge in [0.1, 0.15) is 12.2 Å². The van der Waals surface area contributed by atoms with Crippen LogP contribution < -0.4 is 5.73 Å². The Kier molecular flexibility index (Phi) is 3.07. The summed E-state index contributed by atoms with van der Waals surface area (Å²) in [6, 6.07) is 6.28. The average molecular weight is 297 g/mol. The fraction of sp³-hybridized carbons (Fsp3) is 0.357. The third-order valence-electron chi connectivity index (χ3n) is 3.47. The number of anilines is 1. The molecular formula is C14H14F3N3O. The van der Waals surface area contributed by atoms with Crippen molar-refractivity contribution in [1.29, 1.82) is 0 Å². The van der Waals surface area contributed by atoms with Gasteiger partial charge >= 0.3 is 6.18 Å². The largest absolute Gasteiger partial charge is 0.406 e. The first-order valence-electron chi connectivity index (χ1n) is 6.59. The van der Waals surface area contributed by atoms with Gasteiger partial charge in [-0.3, -0.25) is 4.79 Å². The van der Waals surface area contributed by atoms with Crippen molar-refractivity contribution in [1.82, 2.24) is 9.88 Å². The number of carbonyl (C=O) groups excluding carboxylic acids is 1. The molecule has 21 heavy (non-hydrogen) atoms. The summed E-state index contributed by atoms with van der Waals surface area (Å²) in [5, 5.41) is 0.709. The Labute approximate surface area is 118 Å². The maximum absolute atomic E-state index is 12.6. The van der Waals surface area contributed by atoms with Crippen LogP contribution in [0.2, 0.25) is 0 Å². The minimum Gasteiger partial charge on any atom is -0.399 e. The Hall–Kier alpha value is -2.18. The fourth-order valence-electron chi connectivity index (χ4n) is 2.37. The number of carbonyl (C=O) groups is 1. The summed E-state index contributed by atoms with van der Waals surface area (Å²) in [5.41, 5.74) is 7.02. The van der Waals surface area contributed by atoms with Crippen LogP contribution in [-0.2, 0) is 0 Å². The summed E-state index contributed by atoms with van der Waals surface area (Å²) in [7, 11) is 0. The number of aromatic nitrogens is 1. The fourth-order valence-corrected chi connectivity index (χ4v) is 2.37. The lowest BCUT2D eigenvalue weighted by molar-refractivity contribution is -0.141. The zero-order chi connectivity index (χ0) is 15.2. The van der Waals surface area contributed by atoms with Gasteiger partial charge in [0.15, 0.2) is 0 Å². The summed E-state index contributed by atoms with van der Waals surface area (Å²) >= 11 is 0. The standard InChI is InChI=1S/C14H14F3N3O/c15-14(16,17)7-20(10-2-3-10)13(21)12-6-8-5-9(18)1-4-11(8)19-12/h1,4-6,10,19H,2-3,7,18H2. The molecule has 1 saturated carbocycles. The van der Waals surface area contributed by atoms with Crippen LogP contribution in [0.15, 0.2) is 24.3 Å². The molecule has 1 aliphatic carbocycles. The molecule has 1 heterocycles. The molecular weight excluding hydrogens is 283 g/mol. The molecule has 0 spiro atoms. The summed E-state index contributed by atoms with van der Waals surface area (Å²) in [6.07, 6.45) is -3.15. The van der Waals surface area contributed by atoms with Crippen molar-refractivity contribution in [3.05, 3.63) is 30.0 Å². The van der Waals surface area contributed by atoms with Gasteiger partial charge in [0.2, 0.25) is 0 Å². The zero-order valence-electron chi connectivity index (χ0n) is 11.1. The first kappa shape index (κ1) is 13.8. The van der Waals surface area contributed by atoms with E-state index in [9.17, 15) is 18.0 Å². The second kappa shape index (κ2) is 4.68. The summed E-state index contributed by atoms with van der Waals surface area (Å²) < 4.78 is 37.8. The first-order chi connectivity index (χ1) is 9.83. The molecule has 4 nitrogen and oxygen atoms in total. The number of nitrogens with one attached hydrogen (secondary N) is 1. The van der Waals surface area contributed by atoms with Crippen molar-refractivity contribution in [2.24, 2.45) is 0 Å². The van der Waals surface area contributed by atoms with E-state index in [1.165, 1.54) is 0 Å². The van der Waals surface area contributed by atoms with Crippen LogP contribution in [0, 0.1) is 0 Å². The molecule has 1 aromatic carbocycles. The highest BCUT2D eigenvalue weighted by atomic mass is 19.4. The van der Waals surface area contributed by atoms with E-state index in [1.54, 1.807) is 24.3 Å². The number of nitrogens with zero attached hydrogens (tertiary/aromatic N) is 1. The normalized spacial score (nSPS) is 15.4. The second-order valence-electron chi connectivity index (χ2n) is 5.31. The topological polar surface area (TPSA) is 62.1 Å². The van der Waals surface area contributed by atoms with Gasteiger partial charge in [-0.05, 0) is 37.1 Å². The number of rotatable bonds is 3. The van der Waals surface area contributed by atoms with Crippen molar-refractivity contribution in [3.63, 3.8) is 0 Å². The third kappa shape index (κ3) is 2.96. The Balaban J connectivity index is 1.90. The van der Waals surface area contributed by atoms with E-state index < -0.39 is 18.6 Å². The number of alkyl halides is 3. The Morgan fingerprint density at radius 2 is 2.05 bits per heavy atom. The molecule has 0 aliphatic heterocycles. The van der Waals surface area contributed by atoms with E-state index in [1.807, 2.05) is 0 Å². The zero-order valence-corrected chi connectivity index (χ0v) is 11.1. The van der Waals surface area contributed by atoms with Gasteiger partial charge in [-0.2, -0.15) is 13.2 Å². The lowest BCUT2D eigenvalue weighted by Gasteiger charge is -2.23. The number of hydrogen-bond donors (Lipinski definition) is 2. The predicted molar refractivity (Wildman–Crippen MR) is 72.8 cm³/mol. The van der Waals surface area contributed by atoms with Crippen LogP contribution in [0.5, 0.6) is 0 Å². The smallest absolute Gasteiger partial charge is 0.399 e. The van der Waals surface area contributed by atoms with Crippen molar-refractivity contribution in [2.45, 2.75) is 25.1 Å². The van der Waals surface area contributed by atoms with E-state index in [0.717, 1.165) is 4.90 Å². The van der Waals surface area contributed by atoms with Crippen molar-refractivity contribution in [2.75, 3.05) is 12.3 Å². The highest BCUT2D eigenvalue weighted by Crippen LogP contribution is 2.32. The van der Waals surface area contributed by atoms with Gasteiger partial charge in [-0.25, -0.2) is 0 Å². The van der Waals surface area contributed by atoms with Crippen LogP contribution in [0.3, 0.4) is 0 Å². The van der Waals surface area contributed by atoms with Crippen LogP contribution >= 0.6 is 0 Å². The number of fused-ring (bicyclic) bond motifs is 1. The van der Waals surface area contributed by atoms with Gasteiger partial charge in [-0.15, -0.1) is 0 Å². The van der Waals surface area contributed by atoms with Gasteiger partial charge in [0, 0.05) is 22.6 Å². The lowest BCUT2D eigenvalue weighted by Crippen LogP contribution is -2.40. The van der Waals surface area contributed by atoms with Crippen molar-refractivity contribution >= 4 is 22.5 Å². The van der Waals surface area contributed by atoms with E-state index in [4.69, 9.17) is 5.73 Å². The highest BCUT2D eigenvalue weighted by Gasteiger charge is 2.41. The molecule has 0 saturated heterocycles. The molecule has 1 fully saturated rings. The number of nitrogens with two attached hydrogens (primary N) is 1. The van der Waals surface area contributed by atoms with E-state index in [0.29, 0.717) is 29.4 Å². The molecule has 7 heteroatoms. The quantitative estimate of drug-likeness (QED) is 0.856. The van der Waals surface area contributed by atoms with Crippen LogP contribution in [-0.4, -0.2) is 34.6 Å². The molecule has 0 bridgehead atoms. The monoisotopic (exact) mass is 297 g/mol. The van der Waals surface area contributed by atoms with E-state index >= 15 is 0 Å². The molecule has 3 N–H and O–H groups in total. The maximum atomic E-state index is 12.6. The number of nitrogen functional groups attached to an aromatic ring is 1. The maximum Gasteiger partial charge on any atom is 0.406 e. The molecule has 1 amide bonds. The van der Waals surface area contributed by atoms with E-state index in [-0.39, 0.29) is 11.7 Å². The molecule has 3 rings (SSSR count). The molecule has 0 unspecified atom stereocenters. The van der Waals surface area contributed by atoms with Crippen LogP contribution in [0.4, 0.5) is 18.9 Å². The lowest BCUT2D eigenvalue weighted by atomic mass is 10.2. The third-order valence-corrected chi connectivity index (χ3v) is 3.47. The number of H-pyrrole nitrogens is 1. The number of benzene rings is 1. The summed E-state index contributed by atoms with van der Waals surface area (Å²) in [5.74, 6) is -0.621. The summed E-state index contributed by atoms with van der Waals surface area (Å²) in [4.78, 5) is 16.1. The Bertz CT molecular complexity index is 688. The van der Waals surface area contributed by atoms with E-state index in [2.05, 4.69) is 4.98 Å². The van der Waals surface area contributed by atoms with Crippen LogP contribution in [0.25, 0.3) is 10.9 Å². The second-order valence-corrected chi connectivity index (χ2v) is 5.31. The number of amides is 1.